The summed E-state index contributed by atoms with van der Waals surface area (Å²) in [6, 6.07) is 63.8. The molecule has 0 aliphatic heterocycles. The molecule has 0 unspecified atom stereocenters. The fraction of sp³-hybridized carbons (Fsp3) is 0. The van der Waals surface area contributed by atoms with Gasteiger partial charge in [0.15, 0.2) is 23.1 Å². The first kappa shape index (κ1) is 31.9. The van der Waals surface area contributed by atoms with Crippen molar-refractivity contribution in [3.63, 3.8) is 0 Å². The van der Waals surface area contributed by atoms with Gasteiger partial charge in [0.2, 0.25) is 0 Å². The number of rotatable bonds is 5. The highest BCUT2D eigenvalue weighted by Crippen LogP contribution is 2.45. The van der Waals surface area contributed by atoms with Gasteiger partial charge >= 0.3 is 0 Å². The summed E-state index contributed by atoms with van der Waals surface area (Å²) in [6.45, 7) is 0. The number of fused-ring (bicyclic) bond motifs is 9. The van der Waals surface area contributed by atoms with Crippen LogP contribution in [0.2, 0.25) is 0 Å². The van der Waals surface area contributed by atoms with E-state index < -0.39 is 0 Å². The molecule has 12 rings (SSSR count). The maximum Gasteiger partial charge on any atom is 0.164 e. The van der Waals surface area contributed by atoms with Crippen molar-refractivity contribution < 1.29 is 4.42 Å². The SMILES string of the molecule is c1ccc(-c2nc(-c3ccccc3)nc(-c3ccc4c(c3)oc3c(-n5c6ccccc6c6ccccc65)ccc(-c5ccc6sc7ccccc7c6c5)c34)n2)cc1. The molecule has 4 aromatic heterocycles. The monoisotopic (exact) mass is 746 g/mol. The van der Waals surface area contributed by atoms with Gasteiger partial charge in [0.1, 0.15) is 5.58 Å². The maximum atomic E-state index is 7.11. The van der Waals surface area contributed by atoms with Crippen LogP contribution >= 0.6 is 11.3 Å². The summed E-state index contributed by atoms with van der Waals surface area (Å²) in [4.78, 5) is 15.0. The first-order valence-corrected chi connectivity index (χ1v) is 19.8. The van der Waals surface area contributed by atoms with Crippen molar-refractivity contribution in [1.82, 2.24) is 19.5 Å². The minimum absolute atomic E-state index is 0.586. The molecular formula is C51H30N4OS. The summed E-state index contributed by atoms with van der Waals surface area (Å²) in [7, 11) is 0. The molecule has 0 N–H and O–H groups in total. The molecule has 0 saturated heterocycles. The number of hydrogen-bond donors (Lipinski definition) is 0. The molecule has 0 amide bonds. The van der Waals surface area contributed by atoms with E-state index in [4.69, 9.17) is 19.4 Å². The second kappa shape index (κ2) is 12.6. The Kier molecular flexibility index (Phi) is 7.03. The van der Waals surface area contributed by atoms with E-state index in [9.17, 15) is 0 Å². The predicted octanol–water partition coefficient (Wildman–Crippen LogP) is 13.9. The van der Waals surface area contributed by atoms with Crippen LogP contribution in [0.4, 0.5) is 0 Å². The predicted molar refractivity (Wildman–Crippen MR) is 236 cm³/mol. The van der Waals surface area contributed by atoms with Crippen molar-refractivity contribution in [3.05, 3.63) is 182 Å². The Balaban J connectivity index is 1.12. The molecule has 0 aliphatic rings. The molecule has 12 aromatic rings. The molecule has 5 nitrogen and oxygen atoms in total. The number of furan rings is 1. The molecule has 0 aliphatic carbocycles. The van der Waals surface area contributed by atoms with E-state index in [1.165, 1.54) is 30.9 Å². The first-order valence-electron chi connectivity index (χ1n) is 19.0. The van der Waals surface area contributed by atoms with Crippen LogP contribution in [-0.4, -0.2) is 19.5 Å². The highest BCUT2D eigenvalue weighted by atomic mass is 32.1. The Morgan fingerprint density at radius 2 is 0.965 bits per heavy atom. The van der Waals surface area contributed by atoms with Gasteiger partial charge in [-0.3, -0.25) is 0 Å². The molecular weight excluding hydrogens is 717 g/mol. The number of benzene rings is 8. The minimum Gasteiger partial charge on any atom is -0.454 e. The van der Waals surface area contributed by atoms with E-state index in [0.717, 1.165) is 66.5 Å². The lowest BCUT2D eigenvalue weighted by Crippen LogP contribution is -2.00. The Hall–Kier alpha value is -7.41. The normalized spacial score (nSPS) is 11.9. The van der Waals surface area contributed by atoms with Gasteiger partial charge in [0.05, 0.1) is 16.7 Å². The zero-order chi connectivity index (χ0) is 37.5. The van der Waals surface area contributed by atoms with Crippen LogP contribution in [0.1, 0.15) is 0 Å². The first-order chi connectivity index (χ1) is 28.2. The van der Waals surface area contributed by atoms with Gasteiger partial charge in [0, 0.05) is 58.4 Å². The van der Waals surface area contributed by atoms with Crippen LogP contribution in [0.15, 0.2) is 186 Å². The molecule has 8 aromatic carbocycles. The van der Waals surface area contributed by atoms with E-state index in [0.29, 0.717) is 17.5 Å². The van der Waals surface area contributed by atoms with E-state index in [1.54, 1.807) is 0 Å². The van der Waals surface area contributed by atoms with Crippen molar-refractivity contribution in [2.24, 2.45) is 0 Å². The highest BCUT2D eigenvalue weighted by molar-refractivity contribution is 7.25. The number of para-hydroxylation sites is 2. The summed E-state index contributed by atoms with van der Waals surface area (Å²) in [5.74, 6) is 1.83. The van der Waals surface area contributed by atoms with Crippen LogP contribution < -0.4 is 0 Å². The largest absolute Gasteiger partial charge is 0.454 e. The maximum absolute atomic E-state index is 7.11. The minimum atomic E-state index is 0.586. The Bertz CT molecular complexity index is 3420. The standard InChI is InChI=1S/C51H30N4OS/c1-3-13-31(14-4-1)49-52-50(32-15-5-2-6-16-32)54-51(53-49)34-23-25-39-44(30-34)56-48-43(55-41-20-10-7-17-36(41)37-18-8-11-21-42(37)55)27-26-35(47(39)48)33-24-28-46-40(29-33)38-19-9-12-22-45(38)57-46/h1-30H. The summed E-state index contributed by atoms with van der Waals surface area (Å²) in [5.41, 5.74) is 9.82. The van der Waals surface area contributed by atoms with Crippen LogP contribution in [0, 0.1) is 0 Å². The molecule has 0 saturated carbocycles. The smallest absolute Gasteiger partial charge is 0.164 e. The van der Waals surface area contributed by atoms with Gasteiger partial charge in [-0.25, -0.2) is 15.0 Å². The summed E-state index contributed by atoms with van der Waals surface area (Å²) in [6.07, 6.45) is 0. The fourth-order valence-electron chi connectivity index (χ4n) is 8.43. The second-order valence-electron chi connectivity index (χ2n) is 14.4. The van der Waals surface area contributed by atoms with Crippen molar-refractivity contribution >= 4 is 75.3 Å². The topological polar surface area (TPSA) is 56.7 Å². The highest BCUT2D eigenvalue weighted by Gasteiger charge is 2.22. The summed E-state index contributed by atoms with van der Waals surface area (Å²) >= 11 is 1.84. The quantitative estimate of drug-likeness (QED) is 0.176. The third kappa shape index (κ3) is 5.04. The summed E-state index contributed by atoms with van der Waals surface area (Å²) in [5, 5.41) is 7.05. The molecule has 6 heteroatoms. The molecule has 0 bridgehead atoms. The summed E-state index contributed by atoms with van der Waals surface area (Å²) < 4.78 is 12.0. The zero-order valence-electron chi connectivity index (χ0n) is 30.4. The lowest BCUT2D eigenvalue weighted by molar-refractivity contribution is 0.666. The molecule has 0 atom stereocenters. The number of nitrogens with zero attached hydrogens (tertiary/aromatic N) is 4. The van der Waals surface area contributed by atoms with Crippen LogP contribution in [-0.2, 0) is 0 Å². The van der Waals surface area contributed by atoms with E-state index in [2.05, 4.69) is 126 Å². The van der Waals surface area contributed by atoms with E-state index in [-0.39, 0.29) is 0 Å². The van der Waals surface area contributed by atoms with Gasteiger partial charge in [-0.2, -0.15) is 0 Å². The van der Waals surface area contributed by atoms with Crippen LogP contribution in [0.5, 0.6) is 0 Å². The third-order valence-corrected chi connectivity index (χ3v) is 12.2. The van der Waals surface area contributed by atoms with Crippen LogP contribution in [0.25, 0.3) is 115 Å². The molecule has 266 valence electrons. The number of thiophene rings is 1. The van der Waals surface area contributed by atoms with E-state index >= 15 is 0 Å². The molecule has 57 heavy (non-hydrogen) atoms. The Morgan fingerprint density at radius 3 is 1.65 bits per heavy atom. The van der Waals surface area contributed by atoms with Crippen molar-refractivity contribution in [3.8, 4) is 51.0 Å². The Labute approximate surface area is 330 Å². The third-order valence-electron chi connectivity index (χ3n) is 11.1. The average molecular weight is 747 g/mol. The zero-order valence-corrected chi connectivity index (χ0v) is 31.2. The van der Waals surface area contributed by atoms with Gasteiger partial charge in [-0.05, 0) is 59.7 Å². The second-order valence-corrected chi connectivity index (χ2v) is 15.5. The van der Waals surface area contributed by atoms with Crippen molar-refractivity contribution in [2.45, 2.75) is 0 Å². The number of aromatic nitrogens is 4. The molecule has 4 heterocycles. The number of hydrogen-bond acceptors (Lipinski definition) is 5. The Morgan fingerprint density at radius 1 is 0.404 bits per heavy atom. The fourth-order valence-corrected chi connectivity index (χ4v) is 9.52. The van der Waals surface area contributed by atoms with E-state index in [1.807, 2.05) is 72.0 Å². The van der Waals surface area contributed by atoms with Gasteiger partial charge in [0.25, 0.3) is 0 Å². The van der Waals surface area contributed by atoms with Gasteiger partial charge in [-0.15, -0.1) is 11.3 Å². The molecule has 0 spiro atoms. The van der Waals surface area contributed by atoms with Crippen LogP contribution in [0.3, 0.4) is 0 Å². The molecule has 0 fully saturated rings. The molecule has 0 radical (unpaired) electrons. The van der Waals surface area contributed by atoms with Crippen molar-refractivity contribution in [1.29, 1.82) is 0 Å². The lowest BCUT2D eigenvalue weighted by atomic mass is 9.96. The average Bonchev–Trinajstić information content (AvgIpc) is 3.96. The van der Waals surface area contributed by atoms with Gasteiger partial charge in [-0.1, -0.05) is 133 Å². The van der Waals surface area contributed by atoms with Crippen molar-refractivity contribution in [2.75, 3.05) is 0 Å². The van der Waals surface area contributed by atoms with Gasteiger partial charge < -0.3 is 8.98 Å². The lowest BCUT2D eigenvalue weighted by Gasteiger charge is -2.12.